The van der Waals surface area contributed by atoms with E-state index in [1.54, 1.807) is 0 Å². The van der Waals surface area contributed by atoms with Crippen LogP contribution in [0.25, 0.3) is 0 Å². The number of rotatable bonds is 6. The van der Waals surface area contributed by atoms with E-state index in [0.29, 0.717) is 5.56 Å². The van der Waals surface area contributed by atoms with Crippen LogP contribution in [0, 0.1) is 18.7 Å². The molecular weight excluding hydrogens is 321 g/mol. The molecule has 0 saturated heterocycles. The highest BCUT2D eigenvalue weighted by atomic mass is 19.1. The number of nitrogens with zero attached hydrogens (tertiary/aromatic N) is 1. The fourth-order valence-corrected chi connectivity index (χ4v) is 2.35. The van der Waals surface area contributed by atoms with Gasteiger partial charge in [0.05, 0.1) is 12.2 Å². The molecule has 1 unspecified atom stereocenters. The minimum Gasteiger partial charge on any atom is -0.349 e. The number of halogens is 1. The minimum atomic E-state index is -0.692. The van der Waals surface area contributed by atoms with E-state index in [-0.39, 0.29) is 18.4 Å². The van der Waals surface area contributed by atoms with Gasteiger partial charge in [0.25, 0.3) is 5.91 Å². The van der Waals surface area contributed by atoms with Crippen LogP contribution in [0.3, 0.4) is 0 Å². The van der Waals surface area contributed by atoms with Crippen molar-refractivity contribution in [3.8, 4) is 0 Å². The molecule has 132 valence electrons. The number of carbonyl (C=O) groups excluding carboxylic acids is 2. The Balaban J connectivity index is 2.00. The molecule has 0 saturated carbocycles. The van der Waals surface area contributed by atoms with E-state index in [0.717, 1.165) is 11.4 Å². The maximum Gasteiger partial charge on any atom is 0.251 e. The van der Waals surface area contributed by atoms with Crippen LogP contribution in [0.1, 0.15) is 35.6 Å². The Bertz CT molecular complexity index is 745. The smallest absolute Gasteiger partial charge is 0.251 e. The second-order valence-electron chi connectivity index (χ2n) is 6.19. The van der Waals surface area contributed by atoms with Crippen LogP contribution in [0.2, 0.25) is 0 Å². The summed E-state index contributed by atoms with van der Waals surface area (Å²) >= 11 is 0. The summed E-state index contributed by atoms with van der Waals surface area (Å²) in [5.41, 5.74) is 1.93. The Hall–Kier alpha value is -2.76. The SMILES string of the molecule is Cc1cccc(CNC(=O)C(NC(=O)c2ccc(F)cc2)C(C)C)n1. The van der Waals surface area contributed by atoms with Gasteiger partial charge in [0, 0.05) is 11.3 Å². The molecule has 1 aromatic heterocycles. The van der Waals surface area contributed by atoms with E-state index >= 15 is 0 Å². The first-order valence-corrected chi connectivity index (χ1v) is 8.13. The predicted octanol–water partition coefficient (Wildman–Crippen LogP) is 2.60. The van der Waals surface area contributed by atoms with Gasteiger partial charge in [0.2, 0.25) is 5.91 Å². The van der Waals surface area contributed by atoms with Gasteiger partial charge in [0.1, 0.15) is 11.9 Å². The summed E-state index contributed by atoms with van der Waals surface area (Å²) in [5.74, 6) is -1.22. The number of amides is 2. The maximum absolute atomic E-state index is 13.0. The molecule has 2 aromatic rings. The van der Waals surface area contributed by atoms with Crippen LogP contribution < -0.4 is 10.6 Å². The molecule has 5 nitrogen and oxygen atoms in total. The lowest BCUT2D eigenvalue weighted by Crippen LogP contribution is -2.49. The van der Waals surface area contributed by atoms with Gasteiger partial charge in [-0.25, -0.2) is 4.39 Å². The van der Waals surface area contributed by atoms with E-state index in [1.807, 2.05) is 39.0 Å². The van der Waals surface area contributed by atoms with Crippen molar-refractivity contribution < 1.29 is 14.0 Å². The van der Waals surface area contributed by atoms with Gasteiger partial charge in [-0.1, -0.05) is 19.9 Å². The highest BCUT2D eigenvalue weighted by Crippen LogP contribution is 2.07. The summed E-state index contributed by atoms with van der Waals surface area (Å²) in [7, 11) is 0. The summed E-state index contributed by atoms with van der Waals surface area (Å²) < 4.78 is 13.0. The monoisotopic (exact) mass is 343 g/mol. The zero-order valence-electron chi connectivity index (χ0n) is 14.5. The zero-order valence-corrected chi connectivity index (χ0v) is 14.5. The largest absolute Gasteiger partial charge is 0.349 e. The van der Waals surface area contributed by atoms with Gasteiger partial charge >= 0.3 is 0 Å². The third-order valence-electron chi connectivity index (χ3n) is 3.73. The van der Waals surface area contributed by atoms with Gasteiger partial charge in [-0.15, -0.1) is 0 Å². The van der Waals surface area contributed by atoms with Crippen molar-refractivity contribution >= 4 is 11.8 Å². The quantitative estimate of drug-likeness (QED) is 0.847. The molecule has 1 atom stereocenters. The molecule has 0 radical (unpaired) electrons. The van der Waals surface area contributed by atoms with E-state index in [9.17, 15) is 14.0 Å². The van der Waals surface area contributed by atoms with Crippen LogP contribution in [0.15, 0.2) is 42.5 Å². The van der Waals surface area contributed by atoms with Crippen LogP contribution >= 0.6 is 0 Å². The molecule has 1 heterocycles. The van der Waals surface area contributed by atoms with Crippen molar-refractivity contribution in [2.45, 2.75) is 33.4 Å². The highest BCUT2D eigenvalue weighted by molar-refractivity contribution is 5.97. The molecule has 0 fully saturated rings. The van der Waals surface area contributed by atoms with Crippen molar-refractivity contribution in [2.24, 2.45) is 5.92 Å². The second kappa shape index (κ2) is 8.37. The molecule has 0 aliphatic heterocycles. The summed E-state index contributed by atoms with van der Waals surface area (Å²) in [4.78, 5) is 29.0. The Morgan fingerprint density at radius 3 is 2.40 bits per heavy atom. The lowest BCUT2D eigenvalue weighted by Gasteiger charge is -2.21. The lowest BCUT2D eigenvalue weighted by atomic mass is 10.0. The molecule has 0 spiro atoms. The number of aryl methyl sites for hydroxylation is 1. The molecule has 2 N–H and O–H groups in total. The highest BCUT2D eigenvalue weighted by Gasteiger charge is 2.24. The number of benzene rings is 1. The molecule has 6 heteroatoms. The van der Waals surface area contributed by atoms with E-state index < -0.39 is 17.8 Å². The van der Waals surface area contributed by atoms with Gasteiger partial charge in [-0.05, 0) is 49.2 Å². The third kappa shape index (κ3) is 5.38. The fourth-order valence-electron chi connectivity index (χ4n) is 2.35. The van der Waals surface area contributed by atoms with E-state index in [1.165, 1.54) is 24.3 Å². The van der Waals surface area contributed by atoms with Crippen molar-refractivity contribution in [1.29, 1.82) is 0 Å². The molecule has 1 aromatic carbocycles. The standard InChI is InChI=1S/C19H22FN3O2/c1-12(2)17(23-18(24)14-7-9-15(20)10-8-14)19(25)21-11-16-6-4-5-13(3)22-16/h4-10,12,17H,11H2,1-3H3,(H,21,25)(H,23,24). The number of pyridine rings is 1. The van der Waals surface area contributed by atoms with Crippen molar-refractivity contribution in [3.63, 3.8) is 0 Å². The van der Waals surface area contributed by atoms with Crippen LogP contribution in [0.5, 0.6) is 0 Å². The van der Waals surface area contributed by atoms with E-state index in [4.69, 9.17) is 0 Å². The Kier molecular flexibility index (Phi) is 6.22. The van der Waals surface area contributed by atoms with Gasteiger partial charge < -0.3 is 10.6 Å². The van der Waals surface area contributed by atoms with Gasteiger partial charge in [-0.2, -0.15) is 0 Å². The normalized spacial score (nSPS) is 11.9. The Morgan fingerprint density at radius 2 is 1.80 bits per heavy atom. The molecule has 2 amide bonds. The summed E-state index contributed by atoms with van der Waals surface area (Å²) in [6, 6.07) is 10.1. The Morgan fingerprint density at radius 1 is 1.12 bits per heavy atom. The average Bonchev–Trinajstić information content (AvgIpc) is 2.57. The number of aromatic nitrogens is 1. The minimum absolute atomic E-state index is 0.102. The predicted molar refractivity (Wildman–Crippen MR) is 93.3 cm³/mol. The number of hydrogen-bond donors (Lipinski definition) is 2. The average molecular weight is 343 g/mol. The number of hydrogen-bond acceptors (Lipinski definition) is 3. The first-order chi connectivity index (χ1) is 11.9. The molecule has 2 rings (SSSR count). The van der Waals surface area contributed by atoms with E-state index in [2.05, 4.69) is 15.6 Å². The summed E-state index contributed by atoms with van der Waals surface area (Å²) in [6.45, 7) is 5.86. The molecule has 0 aliphatic carbocycles. The molecule has 0 aliphatic rings. The molecular formula is C19H22FN3O2. The number of carbonyl (C=O) groups is 2. The zero-order chi connectivity index (χ0) is 18.4. The lowest BCUT2D eigenvalue weighted by molar-refractivity contribution is -0.124. The summed E-state index contributed by atoms with van der Waals surface area (Å²) in [5, 5.41) is 5.50. The van der Waals surface area contributed by atoms with Crippen LogP contribution in [-0.4, -0.2) is 22.8 Å². The van der Waals surface area contributed by atoms with Crippen LogP contribution in [-0.2, 0) is 11.3 Å². The molecule has 0 bridgehead atoms. The fraction of sp³-hybridized carbons (Fsp3) is 0.316. The van der Waals surface area contributed by atoms with Crippen molar-refractivity contribution in [1.82, 2.24) is 15.6 Å². The molecule has 25 heavy (non-hydrogen) atoms. The van der Waals surface area contributed by atoms with Crippen molar-refractivity contribution in [3.05, 3.63) is 65.2 Å². The van der Waals surface area contributed by atoms with Gasteiger partial charge in [-0.3, -0.25) is 14.6 Å². The first kappa shape index (κ1) is 18.6. The summed E-state index contributed by atoms with van der Waals surface area (Å²) in [6.07, 6.45) is 0. The first-order valence-electron chi connectivity index (χ1n) is 8.13. The number of nitrogens with one attached hydrogen (secondary N) is 2. The van der Waals surface area contributed by atoms with Crippen molar-refractivity contribution in [2.75, 3.05) is 0 Å². The Labute approximate surface area is 146 Å². The van der Waals surface area contributed by atoms with Gasteiger partial charge in [0.15, 0.2) is 0 Å². The third-order valence-corrected chi connectivity index (χ3v) is 3.73. The topological polar surface area (TPSA) is 71.1 Å². The van der Waals surface area contributed by atoms with Crippen LogP contribution in [0.4, 0.5) is 4.39 Å². The maximum atomic E-state index is 13.0. The second-order valence-corrected chi connectivity index (χ2v) is 6.19.